The summed E-state index contributed by atoms with van der Waals surface area (Å²) in [5.41, 5.74) is 0.875. The Kier molecular flexibility index (Phi) is 9.86. The average molecular weight is 374 g/mol. The molecule has 1 aliphatic heterocycles. The van der Waals surface area contributed by atoms with Crippen LogP contribution >= 0.6 is 0 Å². The highest BCUT2D eigenvalue weighted by atomic mass is 16.6. The lowest BCUT2D eigenvalue weighted by molar-refractivity contribution is -0.109. The van der Waals surface area contributed by atoms with E-state index in [0.29, 0.717) is 39.1 Å². The van der Waals surface area contributed by atoms with E-state index in [9.17, 15) is 9.59 Å². The number of fused-ring (bicyclic) bond motifs is 1. The lowest BCUT2D eigenvalue weighted by Crippen LogP contribution is -2.34. The zero-order chi connectivity index (χ0) is 19.2. The lowest BCUT2D eigenvalue weighted by Gasteiger charge is -2.22. The number of carbonyl (C=O) groups excluding carboxylic acids is 2. The van der Waals surface area contributed by atoms with Crippen molar-refractivity contribution >= 4 is 12.5 Å². The molecule has 0 bridgehead atoms. The van der Waals surface area contributed by atoms with Gasteiger partial charge in [-0.15, -0.1) is 0 Å². The van der Waals surface area contributed by atoms with Crippen LogP contribution in [0.15, 0.2) is 36.4 Å². The summed E-state index contributed by atoms with van der Waals surface area (Å²) in [5, 5.41) is 2.63. The number of carbonyl (C=O) groups is 2. The summed E-state index contributed by atoms with van der Waals surface area (Å²) in [7, 11) is 0. The molecule has 0 radical (unpaired) electrons. The number of ether oxygens (including phenoxy) is 2. The van der Waals surface area contributed by atoms with Gasteiger partial charge in [0.05, 0.1) is 6.61 Å². The van der Waals surface area contributed by atoms with Crippen LogP contribution in [0.5, 0.6) is 5.75 Å². The van der Waals surface area contributed by atoms with Crippen molar-refractivity contribution in [2.75, 3.05) is 26.2 Å². The summed E-state index contributed by atoms with van der Waals surface area (Å²) in [6.45, 7) is 2.60. The van der Waals surface area contributed by atoms with Crippen LogP contribution in [0.2, 0.25) is 0 Å². The minimum absolute atomic E-state index is 0.192. The number of allylic oxidation sites excluding steroid dienone is 2. The van der Waals surface area contributed by atoms with E-state index in [1.54, 1.807) is 4.90 Å². The highest BCUT2D eigenvalue weighted by Crippen LogP contribution is 2.20. The summed E-state index contributed by atoms with van der Waals surface area (Å²) >= 11 is 0. The van der Waals surface area contributed by atoms with Gasteiger partial charge in [-0.2, -0.15) is 0 Å². The number of amides is 2. The van der Waals surface area contributed by atoms with Crippen LogP contribution < -0.4 is 10.1 Å². The van der Waals surface area contributed by atoms with Crippen LogP contribution in [0.1, 0.15) is 44.1 Å². The molecule has 1 N–H and O–H groups in total. The van der Waals surface area contributed by atoms with Crippen LogP contribution in [-0.4, -0.2) is 43.6 Å². The normalized spacial score (nSPS) is 17.9. The maximum atomic E-state index is 12.5. The molecular weight excluding hydrogens is 344 g/mol. The number of hydrogen-bond donors (Lipinski definition) is 1. The van der Waals surface area contributed by atoms with Gasteiger partial charge in [0, 0.05) is 25.2 Å². The van der Waals surface area contributed by atoms with Gasteiger partial charge in [0.2, 0.25) is 6.41 Å². The number of nitrogens with one attached hydrogen (secondary N) is 1. The third-order valence-corrected chi connectivity index (χ3v) is 4.40. The molecule has 0 unspecified atom stereocenters. The van der Waals surface area contributed by atoms with E-state index >= 15 is 0 Å². The van der Waals surface area contributed by atoms with Crippen LogP contribution in [-0.2, 0) is 16.1 Å². The molecule has 0 spiro atoms. The van der Waals surface area contributed by atoms with Crippen molar-refractivity contribution in [1.29, 1.82) is 0 Å². The van der Waals surface area contributed by atoms with E-state index in [2.05, 4.69) is 17.5 Å². The van der Waals surface area contributed by atoms with E-state index in [1.165, 1.54) is 0 Å². The Morgan fingerprint density at radius 3 is 2.74 bits per heavy atom. The van der Waals surface area contributed by atoms with Gasteiger partial charge in [0.15, 0.2) is 0 Å². The first-order valence-electron chi connectivity index (χ1n) is 9.75. The Bertz CT molecular complexity index is 604. The zero-order valence-corrected chi connectivity index (χ0v) is 15.9. The molecule has 2 amide bonds. The van der Waals surface area contributed by atoms with E-state index in [0.717, 1.165) is 43.4 Å². The fourth-order valence-corrected chi connectivity index (χ4v) is 2.90. The van der Waals surface area contributed by atoms with E-state index in [-0.39, 0.29) is 12.7 Å². The van der Waals surface area contributed by atoms with Crippen molar-refractivity contribution in [1.82, 2.24) is 10.2 Å². The topological polar surface area (TPSA) is 67.9 Å². The average Bonchev–Trinajstić information content (AvgIpc) is 2.69. The Morgan fingerprint density at radius 2 is 1.89 bits per heavy atom. The molecule has 27 heavy (non-hydrogen) atoms. The minimum Gasteiger partial charge on any atom is -0.493 e. The van der Waals surface area contributed by atoms with Crippen LogP contribution in [0.4, 0.5) is 4.79 Å². The molecule has 1 heterocycles. The van der Waals surface area contributed by atoms with E-state index in [1.807, 2.05) is 24.3 Å². The smallest absolute Gasteiger partial charge is 0.410 e. The molecule has 1 aromatic carbocycles. The van der Waals surface area contributed by atoms with E-state index in [4.69, 9.17) is 9.47 Å². The third kappa shape index (κ3) is 8.15. The monoisotopic (exact) mass is 374 g/mol. The summed E-state index contributed by atoms with van der Waals surface area (Å²) in [6.07, 6.45) is 10.4. The minimum atomic E-state index is -0.327. The standard InChI is InChI=1S/C21H30N2O4/c24-18-22-13-10-15-23-14-8-4-2-1-3-5-9-16-26-20-12-7-6-11-19(20)17-27-21(23)25/h1-2,6-7,11-12,18H,3-5,8-10,13-17H2,(H,22,24)/b2-1-. The first-order chi connectivity index (χ1) is 13.3. The van der Waals surface area contributed by atoms with Crippen molar-refractivity contribution in [3.05, 3.63) is 42.0 Å². The van der Waals surface area contributed by atoms with Gasteiger partial charge in [0.25, 0.3) is 0 Å². The van der Waals surface area contributed by atoms with Crippen LogP contribution in [0, 0.1) is 0 Å². The number of hydrogen-bond acceptors (Lipinski definition) is 4. The van der Waals surface area contributed by atoms with Crippen molar-refractivity contribution in [3.8, 4) is 5.75 Å². The highest BCUT2D eigenvalue weighted by molar-refractivity contribution is 5.67. The molecule has 1 aromatic rings. The summed E-state index contributed by atoms with van der Waals surface area (Å²) in [6, 6.07) is 7.68. The first kappa shape index (κ1) is 20.8. The number of para-hydroxylation sites is 1. The molecule has 0 fully saturated rings. The number of cyclic esters (lactones) is 1. The zero-order valence-electron chi connectivity index (χ0n) is 15.9. The fraction of sp³-hybridized carbons (Fsp3) is 0.524. The number of nitrogens with zero attached hydrogens (tertiary/aromatic N) is 1. The van der Waals surface area contributed by atoms with E-state index < -0.39 is 0 Å². The highest BCUT2D eigenvalue weighted by Gasteiger charge is 2.15. The molecule has 0 aliphatic carbocycles. The second-order valence-corrected chi connectivity index (χ2v) is 6.53. The van der Waals surface area contributed by atoms with Gasteiger partial charge in [-0.1, -0.05) is 30.4 Å². The second-order valence-electron chi connectivity index (χ2n) is 6.53. The molecule has 0 saturated carbocycles. The lowest BCUT2D eigenvalue weighted by atomic mass is 10.2. The van der Waals surface area contributed by atoms with Gasteiger partial charge >= 0.3 is 6.09 Å². The summed E-state index contributed by atoms with van der Waals surface area (Å²) in [5.74, 6) is 0.773. The Hall–Kier alpha value is -2.50. The number of rotatable bonds is 5. The molecule has 6 nitrogen and oxygen atoms in total. The molecular formula is C21H30N2O4. The molecule has 0 aromatic heterocycles. The Balaban J connectivity index is 2.00. The molecule has 0 saturated heterocycles. The van der Waals surface area contributed by atoms with Gasteiger partial charge in [0.1, 0.15) is 12.4 Å². The summed E-state index contributed by atoms with van der Waals surface area (Å²) in [4.78, 5) is 24.6. The van der Waals surface area contributed by atoms with Crippen molar-refractivity contribution in [2.45, 2.75) is 45.1 Å². The molecule has 0 atom stereocenters. The number of benzene rings is 1. The Morgan fingerprint density at radius 1 is 1.07 bits per heavy atom. The predicted octanol–water partition coefficient (Wildman–Crippen LogP) is 3.66. The van der Waals surface area contributed by atoms with Gasteiger partial charge in [-0.05, 0) is 44.6 Å². The van der Waals surface area contributed by atoms with Crippen molar-refractivity contribution in [2.24, 2.45) is 0 Å². The summed E-state index contributed by atoms with van der Waals surface area (Å²) < 4.78 is 11.4. The predicted molar refractivity (Wildman–Crippen MR) is 105 cm³/mol. The molecule has 2 rings (SSSR count). The maximum absolute atomic E-state index is 12.5. The maximum Gasteiger partial charge on any atom is 0.410 e. The fourth-order valence-electron chi connectivity index (χ4n) is 2.90. The molecule has 1 aliphatic rings. The van der Waals surface area contributed by atoms with Gasteiger partial charge in [-0.25, -0.2) is 4.79 Å². The third-order valence-electron chi connectivity index (χ3n) is 4.40. The largest absolute Gasteiger partial charge is 0.493 e. The van der Waals surface area contributed by atoms with Crippen LogP contribution in [0.25, 0.3) is 0 Å². The second kappa shape index (κ2) is 12.8. The van der Waals surface area contributed by atoms with Crippen molar-refractivity contribution < 1.29 is 19.1 Å². The first-order valence-corrected chi connectivity index (χ1v) is 9.75. The van der Waals surface area contributed by atoms with Gasteiger partial charge in [-0.3, -0.25) is 4.79 Å². The quantitative estimate of drug-likeness (QED) is 0.485. The van der Waals surface area contributed by atoms with Gasteiger partial charge < -0.3 is 19.7 Å². The van der Waals surface area contributed by atoms with Crippen molar-refractivity contribution in [3.63, 3.8) is 0 Å². The SMILES string of the molecule is O=CNCCCN1CCC/C=C\CCCCOc2ccccc2COC1=O. The molecule has 148 valence electrons. The van der Waals surface area contributed by atoms with Crippen LogP contribution in [0.3, 0.4) is 0 Å². The molecule has 6 heteroatoms. The Labute approximate surface area is 161 Å².